The van der Waals surface area contributed by atoms with Gasteiger partial charge in [-0.05, 0) is 19.3 Å². The van der Waals surface area contributed by atoms with E-state index < -0.39 is 0 Å². The Morgan fingerprint density at radius 2 is 0.581 bits per heavy atom. The van der Waals surface area contributed by atoms with Gasteiger partial charge in [-0.3, -0.25) is 0 Å². The molecule has 0 aromatic heterocycles. The van der Waals surface area contributed by atoms with Gasteiger partial charge >= 0.3 is 0 Å². The van der Waals surface area contributed by atoms with E-state index in [0.29, 0.717) is 12.1 Å². The first-order valence-electron chi connectivity index (χ1n) is 14.7. The van der Waals surface area contributed by atoms with Crippen molar-refractivity contribution in [2.24, 2.45) is 11.5 Å². The summed E-state index contributed by atoms with van der Waals surface area (Å²) >= 11 is 0. The van der Waals surface area contributed by atoms with Gasteiger partial charge in [0, 0.05) is 12.1 Å². The van der Waals surface area contributed by atoms with Gasteiger partial charge in [0.25, 0.3) is 0 Å². The predicted octanol–water partition coefficient (Wildman–Crippen LogP) is 9.43. The molecule has 0 fully saturated rings. The van der Waals surface area contributed by atoms with Gasteiger partial charge in [0.2, 0.25) is 0 Å². The van der Waals surface area contributed by atoms with E-state index in [9.17, 15) is 0 Å². The summed E-state index contributed by atoms with van der Waals surface area (Å²) < 4.78 is 0. The quantitative estimate of drug-likeness (QED) is 0.132. The Balaban J connectivity index is 3.29. The smallest absolute Gasteiger partial charge is 0.00535 e. The predicted molar refractivity (Wildman–Crippen MR) is 143 cm³/mol. The van der Waals surface area contributed by atoms with Crippen LogP contribution < -0.4 is 11.5 Å². The second-order valence-corrected chi connectivity index (χ2v) is 10.4. The van der Waals surface area contributed by atoms with Crippen molar-refractivity contribution >= 4 is 0 Å². The van der Waals surface area contributed by atoms with Gasteiger partial charge in [-0.25, -0.2) is 0 Å². The standard InChI is InChI=1S/C29H62N2/c1-3-5-7-9-11-13-15-17-19-21-23-25-28(30)27-29(31)26-24-22-20-18-16-14-12-10-8-6-4-2/h28-29H,3-27,30-31H2,1-2H3. The molecule has 31 heavy (non-hydrogen) atoms. The molecule has 2 unspecified atom stereocenters. The highest BCUT2D eigenvalue weighted by Gasteiger charge is 2.09. The zero-order valence-corrected chi connectivity index (χ0v) is 22.0. The van der Waals surface area contributed by atoms with Crippen LogP contribution in [-0.4, -0.2) is 12.1 Å². The molecule has 2 heteroatoms. The average Bonchev–Trinajstić information content (AvgIpc) is 2.75. The minimum absolute atomic E-state index is 0.321. The minimum Gasteiger partial charge on any atom is -0.328 e. The molecule has 0 saturated carbocycles. The van der Waals surface area contributed by atoms with Crippen LogP contribution in [0.1, 0.15) is 174 Å². The highest BCUT2D eigenvalue weighted by Crippen LogP contribution is 2.15. The Bertz CT molecular complexity index is 288. The van der Waals surface area contributed by atoms with Gasteiger partial charge < -0.3 is 11.5 Å². The summed E-state index contributed by atoms with van der Waals surface area (Å²) in [6, 6.07) is 0.641. The van der Waals surface area contributed by atoms with Gasteiger partial charge in [-0.2, -0.15) is 0 Å². The van der Waals surface area contributed by atoms with Crippen molar-refractivity contribution in [3.8, 4) is 0 Å². The normalized spacial score (nSPS) is 13.5. The van der Waals surface area contributed by atoms with E-state index in [1.54, 1.807) is 0 Å². The average molecular weight is 439 g/mol. The third-order valence-corrected chi connectivity index (χ3v) is 6.96. The lowest BCUT2D eigenvalue weighted by atomic mass is 9.97. The van der Waals surface area contributed by atoms with E-state index in [2.05, 4.69) is 13.8 Å². The molecule has 0 aromatic carbocycles. The number of hydrogen-bond donors (Lipinski definition) is 2. The fourth-order valence-corrected chi connectivity index (χ4v) is 4.77. The fraction of sp³-hybridized carbons (Fsp3) is 1.00. The van der Waals surface area contributed by atoms with Crippen LogP contribution in [0.15, 0.2) is 0 Å². The van der Waals surface area contributed by atoms with Crippen molar-refractivity contribution in [2.75, 3.05) is 0 Å². The van der Waals surface area contributed by atoms with Crippen LogP contribution in [0, 0.1) is 0 Å². The largest absolute Gasteiger partial charge is 0.328 e. The lowest BCUT2D eigenvalue weighted by Gasteiger charge is -2.17. The van der Waals surface area contributed by atoms with Crippen LogP contribution in [0.4, 0.5) is 0 Å². The first-order chi connectivity index (χ1) is 15.2. The van der Waals surface area contributed by atoms with Gasteiger partial charge in [-0.15, -0.1) is 0 Å². The lowest BCUT2D eigenvalue weighted by Crippen LogP contribution is -2.31. The van der Waals surface area contributed by atoms with Crippen LogP contribution in [0.25, 0.3) is 0 Å². The summed E-state index contributed by atoms with van der Waals surface area (Å²) in [4.78, 5) is 0. The highest BCUT2D eigenvalue weighted by molar-refractivity contribution is 4.71. The van der Waals surface area contributed by atoms with Crippen molar-refractivity contribution < 1.29 is 0 Å². The maximum atomic E-state index is 6.34. The molecule has 0 aliphatic heterocycles. The molecule has 0 amide bonds. The third-order valence-electron chi connectivity index (χ3n) is 6.96. The number of unbranched alkanes of at least 4 members (excludes halogenated alkanes) is 20. The van der Waals surface area contributed by atoms with Crippen molar-refractivity contribution in [3.63, 3.8) is 0 Å². The van der Waals surface area contributed by atoms with Crippen LogP contribution in [0.2, 0.25) is 0 Å². The minimum atomic E-state index is 0.321. The SMILES string of the molecule is CCCCCCCCCCCCCC(N)CC(N)CCCCCCCCCCCCC. The molecule has 0 aromatic rings. The molecule has 2 atom stereocenters. The second kappa shape index (κ2) is 26.2. The molecule has 0 spiro atoms. The number of hydrogen-bond acceptors (Lipinski definition) is 2. The molecule has 0 heterocycles. The molecule has 0 rings (SSSR count). The zero-order chi connectivity index (χ0) is 22.8. The van der Waals surface area contributed by atoms with Crippen LogP contribution in [-0.2, 0) is 0 Å². The Kier molecular flexibility index (Phi) is 26.1. The summed E-state index contributed by atoms with van der Waals surface area (Å²) in [7, 11) is 0. The second-order valence-electron chi connectivity index (χ2n) is 10.4. The first kappa shape index (κ1) is 30.9. The third kappa shape index (κ3) is 26.1. The Hall–Kier alpha value is -0.0800. The lowest BCUT2D eigenvalue weighted by molar-refractivity contribution is 0.440. The van der Waals surface area contributed by atoms with Gasteiger partial charge in [0.15, 0.2) is 0 Å². The maximum Gasteiger partial charge on any atom is 0.00535 e. The van der Waals surface area contributed by atoms with E-state index in [1.165, 1.54) is 154 Å². The molecule has 188 valence electrons. The Morgan fingerprint density at radius 3 is 0.839 bits per heavy atom. The number of nitrogens with two attached hydrogens (primary N) is 2. The van der Waals surface area contributed by atoms with Crippen molar-refractivity contribution in [1.29, 1.82) is 0 Å². The van der Waals surface area contributed by atoms with Crippen LogP contribution >= 0.6 is 0 Å². The number of rotatable bonds is 26. The molecule has 0 saturated heterocycles. The molecule has 2 nitrogen and oxygen atoms in total. The van der Waals surface area contributed by atoms with Gasteiger partial charge in [-0.1, -0.05) is 155 Å². The Labute approximate surface area is 198 Å². The van der Waals surface area contributed by atoms with Crippen molar-refractivity contribution in [1.82, 2.24) is 0 Å². The van der Waals surface area contributed by atoms with E-state index in [4.69, 9.17) is 11.5 Å². The molecule has 0 aliphatic rings. The highest BCUT2D eigenvalue weighted by atomic mass is 14.7. The molecule has 0 bridgehead atoms. The fourth-order valence-electron chi connectivity index (χ4n) is 4.77. The summed E-state index contributed by atoms with van der Waals surface area (Å²) in [5.74, 6) is 0. The maximum absolute atomic E-state index is 6.34. The van der Waals surface area contributed by atoms with Gasteiger partial charge in [0.1, 0.15) is 0 Å². The van der Waals surface area contributed by atoms with Crippen molar-refractivity contribution in [3.05, 3.63) is 0 Å². The Morgan fingerprint density at radius 1 is 0.355 bits per heavy atom. The molecular weight excluding hydrogens is 376 g/mol. The van der Waals surface area contributed by atoms with E-state index in [0.717, 1.165) is 6.42 Å². The molecule has 0 radical (unpaired) electrons. The molecular formula is C29H62N2. The summed E-state index contributed by atoms with van der Waals surface area (Å²) in [5.41, 5.74) is 12.7. The summed E-state index contributed by atoms with van der Waals surface area (Å²) in [6.45, 7) is 4.58. The molecule has 0 aliphatic carbocycles. The monoisotopic (exact) mass is 438 g/mol. The first-order valence-corrected chi connectivity index (χ1v) is 14.7. The van der Waals surface area contributed by atoms with Crippen LogP contribution in [0.3, 0.4) is 0 Å². The van der Waals surface area contributed by atoms with E-state index in [-0.39, 0.29) is 0 Å². The summed E-state index contributed by atoms with van der Waals surface area (Å²) in [5, 5.41) is 0. The van der Waals surface area contributed by atoms with Crippen LogP contribution in [0.5, 0.6) is 0 Å². The molecule has 4 N–H and O–H groups in total. The summed E-state index contributed by atoms with van der Waals surface area (Å²) in [6.07, 6.45) is 34.3. The van der Waals surface area contributed by atoms with Crippen molar-refractivity contribution in [2.45, 2.75) is 186 Å². The van der Waals surface area contributed by atoms with Gasteiger partial charge in [0.05, 0.1) is 0 Å². The zero-order valence-electron chi connectivity index (χ0n) is 22.0. The van der Waals surface area contributed by atoms with E-state index in [1.807, 2.05) is 0 Å². The topological polar surface area (TPSA) is 52.0 Å². The van der Waals surface area contributed by atoms with E-state index >= 15 is 0 Å².